The SMILES string of the molecule is Cc1nn(C)c(Cl)c1/C=C/C(=O)NCCc1ccc(S(N)(=O)=O)cc1. The molecule has 1 heterocycles. The highest BCUT2D eigenvalue weighted by Crippen LogP contribution is 2.19. The number of aromatic nitrogens is 2. The van der Waals surface area contributed by atoms with Crippen LogP contribution in [0.5, 0.6) is 0 Å². The lowest BCUT2D eigenvalue weighted by atomic mass is 10.1. The monoisotopic (exact) mass is 382 g/mol. The van der Waals surface area contributed by atoms with Crippen molar-refractivity contribution in [2.75, 3.05) is 6.54 Å². The van der Waals surface area contributed by atoms with Gasteiger partial charge >= 0.3 is 0 Å². The minimum absolute atomic E-state index is 0.0620. The van der Waals surface area contributed by atoms with Crippen LogP contribution >= 0.6 is 11.6 Å². The van der Waals surface area contributed by atoms with Crippen LogP contribution in [0.2, 0.25) is 5.15 Å². The molecule has 0 fully saturated rings. The van der Waals surface area contributed by atoms with Crippen LogP contribution in [0.15, 0.2) is 35.2 Å². The van der Waals surface area contributed by atoms with E-state index >= 15 is 0 Å². The highest BCUT2D eigenvalue weighted by molar-refractivity contribution is 7.89. The number of halogens is 1. The van der Waals surface area contributed by atoms with Gasteiger partial charge in [0.2, 0.25) is 15.9 Å². The molecule has 3 N–H and O–H groups in total. The largest absolute Gasteiger partial charge is 0.352 e. The summed E-state index contributed by atoms with van der Waals surface area (Å²) in [4.78, 5) is 11.9. The van der Waals surface area contributed by atoms with Crippen molar-refractivity contribution in [1.82, 2.24) is 15.1 Å². The third-order valence-corrected chi connectivity index (χ3v) is 4.94. The number of sulfonamides is 1. The maximum Gasteiger partial charge on any atom is 0.244 e. The molecule has 0 atom stereocenters. The first-order valence-corrected chi connectivity index (χ1v) is 9.37. The quantitative estimate of drug-likeness (QED) is 0.736. The average Bonchev–Trinajstić information content (AvgIpc) is 2.78. The molecule has 2 aromatic rings. The summed E-state index contributed by atoms with van der Waals surface area (Å²) < 4.78 is 23.9. The second-order valence-corrected chi connectivity index (χ2v) is 7.40. The number of hydrogen-bond acceptors (Lipinski definition) is 4. The molecule has 0 radical (unpaired) electrons. The van der Waals surface area contributed by atoms with Gasteiger partial charge in [0.1, 0.15) is 5.15 Å². The third-order valence-electron chi connectivity index (χ3n) is 3.56. The van der Waals surface area contributed by atoms with E-state index in [0.29, 0.717) is 23.7 Å². The summed E-state index contributed by atoms with van der Waals surface area (Å²) in [7, 11) is -1.96. The van der Waals surface area contributed by atoms with E-state index in [1.54, 1.807) is 29.9 Å². The molecule has 7 nitrogen and oxygen atoms in total. The van der Waals surface area contributed by atoms with Crippen molar-refractivity contribution >= 4 is 33.6 Å². The molecule has 25 heavy (non-hydrogen) atoms. The van der Waals surface area contributed by atoms with E-state index in [9.17, 15) is 13.2 Å². The normalized spacial score (nSPS) is 11.8. The number of aryl methyl sites for hydroxylation is 2. The number of carbonyl (C=O) groups is 1. The van der Waals surface area contributed by atoms with Crippen LogP contribution in [0, 0.1) is 6.92 Å². The Labute approximate surface area is 151 Å². The van der Waals surface area contributed by atoms with Crippen molar-refractivity contribution in [2.45, 2.75) is 18.2 Å². The molecule has 1 aromatic heterocycles. The van der Waals surface area contributed by atoms with Crippen molar-refractivity contribution in [2.24, 2.45) is 12.2 Å². The first kappa shape index (κ1) is 19.2. The molecule has 0 bridgehead atoms. The zero-order valence-corrected chi connectivity index (χ0v) is 15.4. The maximum absolute atomic E-state index is 11.9. The van der Waals surface area contributed by atoms with Crippen molar-refractivity contribution in [1.29, 1.82) is 0 Å². The van der Waals surface area contributed by atoms with Gasteiger partial charge in [-0.25, -0.2) is 13.6 Å². The van der Waals surface area contributed by atoms with E-state index in [0.717, 1.165) is 11.3 Å². The predicted molar refractivity (Wildman–Crippen MR) is 96.5 cm³/mol. The summed E-state index contributed by atoms with van der Waals surface area (Å²) in [5, 5.41) is 12.4. The Morgan fingerprint density at radius 2 is 2.00 bits per heavy atom. The molecule has 2 rings (SSSR count). The van der Waals surface area contributed by atoms with Crippen LogP contribution in [-0.2, 0) is 28.3 Å². The van der Waals surface area contributed by atoms with Gasteiger partial charge in [-0.2, -0.15) is 5.10 Å². The number of primary sulfonamides is 1. The van der Waals surface area contributed by atoms with E-state index < -0.39 is 10.0 Å². The number of rotatable bonds is 6. The highest BCUT2D eigenvalue weighted by atomic mass is 35.5. The number of hydrogen-bond donors (Lipinski definition) is 2. The lowest BCUT2D eigenvalue weighted by molar-refractivity contribution is -0.116. The third kappa shape index (κ3) is 5.15. The van der Waals surface area contributed by atoms with Gasteiger partial charge < -0.3 is 5.32 Å². The zero-order chi connectivity index (χ0) is 18.6. The van der Waals surface area contributed by atoms with Crippen LogP contribution in [-0.4, -0.2) is 30.7 Å². The number of carbonyl (C=O) groups excluding carboxylic acids is 1. The minimum Gasteiger partial charge on any atom is -0.352 e. The summed E-state index contributed by atoms with van der Waals surface area (Å²) in [5.74, 6) is -0.250. The van der Waals surface area contributed by atoms with Crippen LogP contribution < -0.4 is 10.5 Å². The molecular weight excluding hydrogens is 364 g/mol. The Balaban J connectivity index is 1.87. The lowest BCUT2D eigenvalue weighted by Crippen LogP contribution is -2.23. The first-order valence-electron chi connectivity index (χ1n) is 7.45. The van der Waals surface area contributed by atoms with Crippen molar-refractivity contribution in [3.05, 3.63) is 52.3 Å². The van der Waals surface area contributed by atoms with Crippen LogP contribution in [0.1, 0.15) is 16.8 Å². The molecule has 1 aromatic carbocycles. The number of nitrogens with two attached hydrogens (primary N) is 1. The van der Waals surface area contributed by atoms with E-state index in [-0.39, 0.29) is 10.8 Å². The van der Waals surface area contributed by atoms with Gasteiger partial charge in [-0.05, 0) is 37.1 Å². The number of amides is 1. The topological polar surface area (TPSA) is 107 Å². The van der Waals surface area contributed by atoms with Gasteiger partial charge in [0, 0.05) is 25.2 Å². The molecule has 0 aliphatic rings. The van der Waals surface area contributed by atoms with Crippen molar-refractivity contribution < 1.29 is 13.2 Å². The molecule has 0 aliphatic heterocycles. The van der Waals surface area contributed by atoms with E-state index in [1.165, 1.54) is 18.2 Å². The molecule has 9 heteroatoms. The zero-order valence-electron chi connectivity index (χ0n) is 13.9. The number of benzene rings is 1. The molecule has 0 spiro atoms. The van der Waals surface area contributed by atoms with Gasteiger partial charge in [-0.1, -0.05) is 23.7 Å². The number of nitrogens with one attached hydrogen (secondary N) is 1. The Morgan fingerprint density at radius 3 is 2.52 bits per heavy atom. The molecule has 134 valence electrons. The lowest BCUT2D eigenvalue weighted by Gasteiger charge is -2.04. The average molecular weight is 383 g/mol. The van der Waals surface area contributed by atoms with Gasteiger partial charge in [0.05, 0.1) is 10.6 Å². The Hall–Kier alpha value is -2.16. The Morgan fingerprint density at radius 1 is 1.36 bits per heavy atom. The molecule has 0 saturated heterocycles. The minimum atomic E-state index is -3.69. The highest BCUT2D eigenvalue weighted by Gasteiger charge is 2.09. The fraction of sp³-hybridized carbons (Fsp3) is 0.250. The first-order chi connectivity index (χ1) is 11.7. The van der Waals surface area contributed by atoms with Crippen LogP contribution in [0.4, 0.5) is 0 Å². The van der Waals surface area contributed by atoms with Gasteiger partial charge in [0.25, 0.3) is 0 Å². The summed E-state index contributed by atoms with van der Waals surface area (Å²) in [6, 6.07) is 6.22. The summed E-state index contributed by atoms with van der Waals surface area (Å²) in [5.41, 5.74) is 2.34. The van der Waals surface area contributed by atoms with Crippen molar-refractivity contribution in [3.8, 4) is 0 Å². The summed E-state index contributed by atoms with van der Waals surface area (Å²) in [6.45, 7) is 2.23. The van der Waals surface area contributed by atoms with Crippen LogP contribution in [0.25, 0.3) is 6.08 Å². The Kier molecular flexibility index (Phi) is 5.99. The predicted octanol–water partition coefficient (Wildman–Crippen LogP) is 1.40. The standard InChI is InChI=1S/C16H19ClN4O3S/c1-11-14(16(17)21(2)20-11)7-8-15(22)19-10-9-12-3-5-13(6-4-12)25(18,23)24/h3-8H,9-10H2,1-2H3,(H,19,22)(H2,18,23,24)/b8-7+. The molecule has 0 saturated carbocycles. The molecule has 0 aliphatic carbocycles. The van der Waals surface area contributed by atoms with Crippen LogP contribution in [0.3, 0.4) is 0 Å². The molecule has 0 unspecified atom stereocenters. The second kappa shape index (κ2) is 7.81. The van der Waals surface area contributed by atoms with Gasteiger partial charge in [-0.3, -0.25) is 9.48 Å². The molecule has 1 amide bonds. The van der Waals surface area contributed by atoms with E-state index in [1.807, 2.05) is 6.92 Å². The van der Waals surface area contributed by atoms with E-state index in [4.69, 9.17) is 16.7 Å². The van der Waals surface area contributed by atoms with Gasteiger partial charge in [-0.15, -0.1) is 0 Å². The van der Waals surface area contributed by atoms with E-state index in [2.05, 4.69) is 10.4 Å². The second-order valence-electron chi connectivity index (χ2n) is 5.48. The smallest absolute Gasteiger partial charge is 0.244 e. The number of nitrogens with zero attached hydrogens (tertiary/aromatic N) is 2. The van der Waals surface area contributed by atoms with Gasteiger partial charge in [0.15, 0.2) is 0 Å². The fourth-order valence-electron chi connectivity index (χ4n) is 2.23. The summed E-state index contributed by atoms with van der Waals surface area (Å²) in [6.07, 6.45) is 3.60. The fourth-order valence-corrected chi connectivity index (χ4v) is 2.98. The molecular formula is C16H19ClN4O3S. The van der Waals surface area contributed by atoms with Crippen molar-refractivity contribution in [3.63, 3.8) is 0 Å². The Bertz CT molecular complexity index is 902. The summed E-state index contributed by atoms with van der Waals surface area (Å²) >= 11 is 6.09. The maximum atomic E-state index is 11.9.